The van der Waals surface area contributed by atoms with Crippen LogP contribution in [0.1, 0.15) is 44.9 Å². The Kier molecular flexibility index (Phi) is 6.69. The van der Waals surface area contributed by atoms with E-state index in [0.717, 1.165) is 49.5 Å². The summed E-state index contributed by atoms with van der Waals surface area (Å²) in [7, 11) is 0. The fraction of sp³-hybridized carbons (Fsp3) is 0.455. The minimum absolute atomic E-state index is 0.318. The highest BCUT2D eigenvalue weighted by molar-refractivity contribution is 5.86. The Morgan fingerprint density at radius 1 is 1.26 bits per heavy atom. The molecule has 0 aliphatic carbocycles. The van der Waals surface area contributed by atoms with E-state index >= 15 is 0 Å². The predicted molar refractivity (Wildman–Crippen MR) is 106 cm³/mol. The van der Waals surface area contributed by atoms with Gasteiger partial charge in [0.2, 0.25) is 5.58 Å². The maximum atomic E-state index is 11.4. The van der Waals surface area contributed by atoms with Gasteiger partial charge in [-0.05, 0) is 38.7 Å². The monoisotopic (exact) mass is 369 g/mol. The van der Waals surface area contributed by atoms with Crippen molar-refractivity contribution in [3.63, 3.8) is 0 Å². The normalized spacial score (nSPS) is 14.8. The lowest BCUT2D eigenvalue weighted by Gasteiger charge is -2.24. The van der Waals surface area contributed by atoms with E-state index in [-0.39, 0.29) is 5.97 Å². The number of fused-ring (bicyclic) bond motifs is 1. The molecule has 1 aromatic carbocycles. The number of carbonyl (C=O) groups is 1. The van der Waals surface area contributed by atoms with Crippen molar-refractivity contribution in [1.82, 2.24) is 4.90 Å². The fourth-order valence-corrected chi connectivity index (χ4v) is 3.30. The smallest absolute Gasteiger partial charge is 0.375 e. The lowest BCUT2D eigenvalue weighted by Crippen LogP contribution is -2.35. The molecule has 144 valence electrons. The fourth-order valence-electron chi connectivity index (χ4n) is 3.30. The molecule has 0 unspecified atom stereocenters. The van der Waals surface area contributed by atoms with E-state index in [4.69, 9.17) is 9.15 Å². The average molecular weight is 369 g/mol. The quantitative estimate of drug-likeness (QED) is 0.304. The summed E-state index contributed by atoms with van der Waals surface area (Å²) in [6, 6.07) is 8.10. The van der Waals surface area contributed by atoms with Crippen molar-refractivity contribution in [2.45, 2.75) is 45.6 Å². The third-order valence-corrected chi connectivity index (χ3v) is 4.81. The van der Waals surface area contributed by atoms with Gasteiger partial charge in [-0.3, -0.25) is 0 Å². The molecular formula is C22H29N2O3+. The zero-order chi connectivity index (χ0) is 19.1. The molecular weight excluding hydrogens is 340 g/mol. The molecule has 5 heteroatoms. The predicted octanol–water partition coefficient (Wildman–Crippen LogP) is 4.08. The number of unbranched alkanes of at least 4 members (excludes halogenated alkanes) is 1. The van der Waals surface area contributed by atoms with E-state index in [0.29, 0.717) is 12.2 Å². The van der Waals surface area contributed by atoms with Crippen molar-refractivity contribution in [2.24, 2.45) is 0 Å². The molecule has 1 saturated heterocycles. The van der Waals surface area contributed by atoms with Crippen LogP contribution in [-0.4, -0.2) is 30.6 Å². The molecule has 27 heavy (non-hydrogen) atoms. The molecule has 1 aromatic heterocycles. The number of ether oxygens (including phenoxy) is 1. The lowest BCUT2D eigenvalue weighted by atomic mass is 10.1. The summed E-state index contributed by atoms with van der Waals surface area (Å²) in [5.74, 6) is 0.544. The summed E-state index contributed by atoms with van der Waals surface area (Å²) >= 11 is 0. The van der Waals surface area contributed by atoms with E-state index in [2.05, 4.69) is 34.4 Å². The number of hydrogen-bond acceptors (Lipinski definition) is 4. The molecule has 3 rings (SSSR count). The second kappa shape index (κ2) is 9.40. The van der Waals surface area contributed by atoms with Crippen LogP contribution in [0.25, 0.3) is 17.2 Å². The molecule has 1 aliphatic heterocycles. The van der Waals surface area contributed by atoms with Crippen molar-refractivity contribution in [2.75, 3.05) is 19.7 Å². The molecule has 0 N–H and O–H groups in total. The Morgan fingerprint density at radius 3 is 2.81 bits per heavy atom. The summed E-state index contributed by atoms with van der Waals surface area (Å²) < 4.78 is 13.4. The number of rotatable bonds is 8. The number of benzene rings is 1. The van der Waals surface area contributed by atoms with Crippen molar-refractivity contribution in [1.29, 1.82) is 0 Å². The highest BCUT2D eigenvalue weighted by atomic mass is 16.5. The third-order valence-electron chi connectivity index (χ3n) is 4.81. The number of piperidine rings is 1. The van der Waals surface area contributed by atoms with Crippen molar-refractivity contribution >= 4 is 23.1 Å². The molecule has 0 atom stereocenters. The van der Waals surface area contributed by atoms with Crippen LogP contribution in [0.3, 0.4) is 0 Å². The largest absolute Gasteiger partial charge is 0.462 e. The molecule has 1 fully saturated rings. The Morgan fingerprint density at radius 2 is 2.04 bits per heavy atom. The van der Waals surface area contributed by atoms with Crippen LogP contribution in [0.5, 0.6) is 0 Å². The standard InChI is InChI=1S/C22H29N2O3/c1-18(2)22(25)26-17-9-8-15-24-19-10-4-5-11-20(19)27-21(24)12-16-23-13-6-3-7-14-23/h4-5,10-12,16H,1,3,6-9,13-15,17H2,2H3/q+1. The third kappa shape index (κ3) is 5.22. The molecule has 0 radical (unpaired) electrons. The number of esters is 1. The van der Waals surface area contributed by atoms with Crippen molar-refractivity contribution in [3.8, 4) is 0 Å². The highest BCUT2D eigenvalue weighted by Crippen LogP contribution is 2.16. The maximum absolute atomic E-state index is 11.4. The van der Waals surface area contributed by atoms with E-state index in [9.17, 15) is 4.79 Å². The van der Waals surface area contributed by atoms with Gasteiger partial charge in [0.1, 0.15) is 0 Å². The number of likely N-dealkylation sites (tertiary alicyclic amines) is 1. The van der Waals surface area contributed by atoms with Crippen molar-refractivity contribution < 1.29 is 18.5 Å². The Balaban J connectivity index is 1.64. The molecule has 0 saturated carbocycles. The van der Waals surface area contributed by atoms with Crippen LogP contribution < -0.4 is 4.57 Å². The van der Waals surface area contributed by atoms with Gasteiger partial charge in [0, 0.05) is 37.3 Å². The average Bonchev–Trinajstić information content (AvgIpc) is 3.04. The van der Waals surface area contributed by atoms with E-state index in [1.165, 1.54) is 19.3 Å². The summed E-state index contributed by atoms with van der Waals surface area (Å²) in [5, 5.41) is 0. The molecule has 1 aliphatic rings. The Labute approximate surface area is 160 Å². The van der Waals surface area contributed by atoms with E-state index < -0.39 is 0 Å². The first-order chi connectivity index (χ1) is 13.1. The summed E-state index contributed by atoms with van der Waals surface area (Å²) in [5.41, 5.74) is 2.43. The lowest BCUT2D eigenvalue weighted by molar-refractivity contribution is -0.678. The van der Waals surface area contributed by atoms with E-state index in [1.54, 1.807) is 6.92 Å². The topological polar surface area (TPSA) is 46.6 Å². The first kappa shape index (κ1) is 19.2. The number of carbonyl (C=O) groups excluding carboxylic acids is 1. The Bertz CT molecular complexity index is 816. The van der Waals surface area contributed by atoms with Gasteiger partial charge in [-0.15, -0.1) is 0 Å². The minimum Gasteiger partial charge on any atom is -0.462 e. The second-order valence-electron chi connectivity index (χ2n) is 7.10. The Hall–Kier alpha value is -2.56. The number of hydrogen-bond donors (Lipinski definition) is 0. The second-order valence-corrected chi connectivity index (χ2v) is 7.10. The van der Waals surface area contributed by atoms with Gasteiger partial charge in [0.05, 0.1) is 12.7 Å². The molecule has 0 amide bonds. The number of para-hydroxylation sites is 2. The summed E-state index contributed by atoms with van der Waals surface area (Å²) in [4.78, 5) is 13.8. The molecule has 5 nitrogen and oxygen atoms in total. The van der Waals surface area contributed by atoms with Crippen LogP contribution in [0.2, 0.25) is 0 Å². The van der Waals surface area contributed by atoms with Crippen LogP contribution in [-0.2, 0) is 16.1 Å². The molecule has 0 spiro atoms. The van der Waals surface area contributed by atoms with Crippen LogP contribution in [0, 0.1) is 0 Å². The van der Waals surface area contributed by atoms with Gasteiger partial charge >= 0.3 is 11.9 Å². The van der Waals surface area contributed by atoms with Crippen LogP contribution in [0.4, 0.5) is 0 Å². The summed E-state index contributed by atoms with van der Waals surface area (Å²) in [6.07, 6.45) is 9.78. The highest BCUT2D eigenvalue weighted by Gasteiger charge is 2.20. The molecule has 0 bridgehead atoms. The zero-order valence-corrected chi connectivity index (χ0v) is 16.2. The molecule has 2 heterocycles. The molecule has 2 aromatic rings. The first-order valence-electron chi connectivity index (χ1n) is 9.81. The number of nitrogens with zero attached hydrogens (tertiary/aromatic N) is 2. The van der Waals surface area contributed by atoms with Crippen LogP contribution >= 0.6 is 0 Å². The maximum Gasteiger partial charge on any atom is 0.375 e. The number of aromatic nitrogens is 1. The van der Waals surface area contributed by atoms with Crippen LogP contribution in [0.15, 0.2) is 47.0 Å². The SMILES string of the molecule is C=C(C)C(=O)OCCCC[n+]1c(C=CN2CCCCC2)oc2ccccc21. The van der Waals surface area contributed by atoms with Gasteiger partial charge in [-0.1, -0.05) is 18.7 Å². The summed E-state index contributed by atoms with van der Waals surface area (Å²) in [6.45, 7) is 8.73. The minimum atomic E-state index is -0.318. The number of oxazole rings is 1. The van der Waals surface area contributed by atoms with Gasteiger partial charge in [-0.2, -0.15) is 4.57 Å². The van der Waals surface area contributed by atoms with Gasteiger partial charge in [-0.25, -0.2) is 4.79 Å². The van der Waals surface area contributed by atoms with Gasteiger partial charge in [0.25, 0.3) is 5.52 Å². The number of aryl methyl sites for hydroxylation is 1. The zero-order valence-electron chi connectivity index (χ0n) is 16.2. The van der Waals surface area contributed by atoms with Gasteiger partial charge in [0.15, 0.2) is 6.54 Å². The van der Waals surface area contributed by atoms with Gasteiger partial charge < -0.3 is 14.1 Å². The van der Waals surface area contributed by atoms with Crippen molar-refractivity contribution in [3.05, 3.63) is 48.5 Å². The van der Waals surface area contributed by atoms with E-state index in [1.807, 2.05) is 18.2 Å². The first-order valence-corrected chi connectivity index (χ1v) is 9.81.